The molecule has 18 heavy (non-hydrogen) atoms. The molecule has 0 fully saturated rings. The van der Waals surface area contributed by atoms with E-state index in [1.54, 1.807) is 18.0 Å². The Kier molecular flexibility index (Phi) is 2.90. The van der Waals surface area contributed by atoms with Gasteiger partial charge in [-0.3, -0.25) is 0 Å². The van der Waals surface area contributed by atoms with Crippen molar-refractivity contribution in [2.45, 2.75) is 10.8 Å². The molecule has 90 valence electrons. The van der Waals surface area contributed by atoms with Crippen LogP contribution in [0.2, 0.25) is 0 Å². The van der Waals surface area contributed by atoms with Gasteiger partial charge in [0.05, 0.1) is 11.4 Å². The number of nitrogen functional groups attached to an aromatic ring is 1. The lowest BCUT2D eigenvalue weighted by Gasteiger charge is -2.01. The SMILES string of the molecule is Nc1cccnc1SCc1cn2ccccc2n1. The highest BCUT2D eigenvalue weighted by molar-refractivity contribution is 7.98. The molecule has 0 aromatic carbocycles. The largest absolute Gasteiger partial charge is 0.397 e. The molecule has 0 spiro atoms. The summed E-state index contributed by atoms with van der Waals surface area (Å²) in [6, 6.07) is 9.66. The summed E-state index contributed by atoms with van der Waals surface area (Å²) in [6.45, 7) is 0. The molecular formula is C13H12N4S. The topological polar surface area (TPSA) is 56.2 Å². The fourth-order valence-corrected chi connectivity index (χ4v) is 2.52. The van der Waals surface area contributed by atoms with Gasteiger partial charge in [0.15, 0.2) is 0 Å². The number of nitrogens with zero attached hydrogens (tertiary/aromatic N) is 3. The van der Waals surface area contributed by atoms with E-state index >= 15 is 0 Å². The van der Waals surface area contributed by atoms with Gasteiger partial charge in [-0.05, 0) is 24.3 Å². The lowest BCUT2D eigenvalue weighted by atomic mass is 10.4. The van der Waals surface area contributed by atoms with Gasteiger partial charge in [-0.25, -0.2) is 9.97 Å². The van der Waals surface area contributed by atoms with Crippen molar-refractivity contribution in [3.05, 3.63) is 54.6 Å². The summed E-state index contributed by atoms with van der Waals surface area (Å²) < 4.78 is 2.01. The summed E-state index contributed by atoms with van der Waals surface area (Å²) in [5.74, 6) is 0.767. The summed E-state index contributed by atoms with van der Waals surface area (Å²) in [5, 5.41) is 0.856. The van der Waals surface area contributed by atoms with Crippen LogP contribution in [0, 0.1) is 0 Å². The van der Waals surface area contributed by atoms with Gasteiger partial charge in [-0.15, -0.1) is 0 Å². The molecule has 0 unspecified atom stereocenters. The summed E-state index contributed by atoms with van der Waals surface area (Å²) in [4.78, 5) is 8.78. The highest BCUT2D eigenvalue weighted by Gasteiger charge is 2.04. The van der Waals surface area contributed by atoms with Crippen LogP contribution in [0.3, 0.4) is 0 Å². The van der Waals surface area contributed by atoms with E-state index in [1.165, 1.54) is 0 Å². The summed E-state index contributed by atoms with van der Waals surface area (Å²) in [5.41, 5.74) is 8.55. The highest BCUT2D eigenvalue weighted by Crippen LogP contribution is 2.25. The lowest BCUT2D eigenvalue weighted by molar-refractivity contribution is 1.13. The molecule has 4 nitrogen and oxygen atoms in total. The first-order valence-corrected chi connectivity index (χ1v) is 6.57. The van der Waals surface area contributed by atoms with Crippen LogP contribution in [0.5, 0.6) is 0 Å². The zero-order valence-electron chi connectivity index (χ0n) is 9.65. The second-order valence-corrected chi connectivity index (χ2v) is 4.85. The molecule has 3 aromatic rings. The molecule has 0 saturated carbocycles. The van der Waals surface area contributed by atoms with E-state index in [4.69, 9.17) is 5.73 Å². The molecule has 2 N–H and O–H groups in total. The van der Waals surface area contributed by atoms with Crippen molar-refractivity contribution in [3.63, 3.8) is 0 Å². The molecule has 0 aliphatic rings. The van der Waals surface area contributed by atoms with Crippen molar-refractivity contribution in [1.82, 2.24) is 14.4 Å². The van der Waals surface area contributed by atoms with Crippen LogP contribution < -0.4 is 5.73 Å². The molecule has 0 amide bonds. The minimum atomic E-state index is 0.714. The number of fused-ring (bicyclic) bond motifs is 1. The van der Waals surface area contributed by atoms with Crippen molar-refractivity contribution >= 4 is 23.1 Å². The van der Waals surface area contributed by atoms with Crippen molar-refractivity contribution in [2.24, 2.45) is 0 Å². The number of nitrogens with two attached hydrogens (primary N) is 1. The molecule has 0 radical (unpaired) electrons. The van der Waals surface area contributed by atoms with Crippen molar-refractivity contribution in [2.75, 3.05) is 5.73 Å². The third-order valence-corrected chi connectivity index (χ3v) is 3.63. The van der Waals surface area contributed by atoms with E-state index in [0.717, 1.165) is 22.1 Å². The van der Waals surface area contributed by atoms with Crippen LogP contribution in [0.1, 0.15) is 5.69 Å². The number of rotatable bonds is 3. The Labute approximate surface area is 109 Å². The first-order valence-electron chi connectivity index (χ1n) is 5.59. The molecule has 5 heteroatoms. The Morgan fingerprint density at radius 3 is 3.00 bits per heavy atom. The van der Waals surface area contributed by atoms with E-state index in [-0.39, 0.29) is 0 Å². The van der Waals surface area contributed by atoms with Crippen LogP contribution >= 0.6 is 11.8 Å². The Balaban J connectivity index is 1.79. The molecule has 0 saturated heterocycles. The molecular weight excluding hydrogens is 244 g/mol. The number of hydrogen-bond donors (Lipinski definition) is 1. The second-order valence-electron chi connectivity index (χ2n) is 3.88. The zero-order chi connectivity index (χ0) is 12.4. The van der Waals surface area contributed by atoms with E-state index in [2.05, 4.69) is 9.97 Å². The van der Waals surface area contributed by atoms with Gasteiger partial charge in [0.2, 0.25) is 0 Å². The Morgan fingerprint density at radius 1 is 1.22 bits per heavy atom. The average molecular weight is 256 g/mol. The summed E-state index contributed by atoms with van der Waals surface area (Å²) in [6.07, 6.45) is 5.77. The van der Waals surface area contributed by atoms with Crippen LogP contribution in [0.15, 0.2) is 53.9 Å². The predicted octanol–water partition coefficient (Wildman–Crippen LogP) is 2.60. The Hall–Kier alpha value is -2.01. The first-order chi connectivity index (χ1) is 8.83. The Morgan fingerprint density at radius 2 is 2.17 bits per heavy atom. The summed E-state index contributed by atoms with van der Waals surface area (Å²) >= 11 is 1.60. The molecule has 3 aromatic heterocycles. The second kappa shape index (κ2) is 4.70. The van der Waals surface area contributed by atoms with Gasteiger partial charge < -0.3 is 10.1 Å². The minimum Gasteiger partial charge on any atom is -0.397 e. The number of imidazole rings is 1. The minimum absolute atomic E-state index is 0.714. The third-order valence-electron chi connectivity index (χ3n) is 2.57. The van der Waals surface area contributed by atoms with Gasteiger partial charge in [-0.2, -0.15) is 0 Å². The maximum Gasteiger partial charge on any atom is 0.137 e. The van der Waals surface area contributed by atoms with E-state index < -0.39 is 0 Å². The first kappa shape index (κ1) is 11.1. The van der Waals surface area contributed by atoms with Crippen molar-refractivity contribution in [1.29, 1.82) is 0 Å². The quantitative estimate of drug-likeness (QED) is 0.732. The number of thioether (sulfide) groups is 1. The van der Waals surface area contributed by atoms with E-state index in [9.17, 15) is 0 Å². The Bertz CT molecular complexity index is 644. The van der Waals surface area contributed by atoms with E-state index in [1.807, 2.05) is 47.1 Å². The zero-order valence-corrected chi connectivity index (χ0v) is 10.5. The van der Waals surface area contributed by atoms with Gasteiger partial charge in [0, 0.05) is 24.3 Å². The van der Waals surface area contributed by atoms with Crippen LogP contribution in [-0.2, 0) is 5.75 Å². The number of pyridine rings is 2. The predicted molar refractivity (Wildman–Crippen MR) is 73.4 cm³/mol. The standard InChI is InChI=1S/C13H12N4S/c14-11-4-3-6-15-13(11)18-9-10-8-17-7-2-1-5-12(17)16-10/h1-8H,9,14H2. The van der Waals surface area contributed by atoms with E-state index in [0.29, 0.717) is 5.69 Å². The molecule has 3 heterocycles. The normalized spacial score (nSPS) is 10.9. The molecule has 0 atom stereocenters. The summed E-state index contributed by atoms with van der Waals surface area (Å²) in [7, 11) is 0. The smallest absolute Gasteiger partial charge is 0.137 e. The van der Waals surface area contributed by atoms with Crippen molar-refractivity contribution < 1.29 is 0 Å². The molecule has 3 rings (SSSR count). The van der Waals surface area contributed by atoms with Crippen molar-refractivity contribution in [3.8, 4) is 0 Å². The maximum absolute atomic E-state index is 5.85. The number of aromatic nitrogens is 3. The molecule has 0 aliphatic carbocycles. The fraction of sp³-hybridized carbons (Fsp3) is 0.0769. The van der Waals surface area contributed by atoms with Gasteiger partial charge in [0.25, 0.3) is 0 Å². The third kappa shape index (κ3) is 2.17. The van der Waals surface area contributed by atoms with Crippen LogP contribution in [0.25, 0.3) is 5.65 Å². The van der Waals surface area contributed by atoms with Crippen LogP contribution in [0.4, 0.5) is 5.69 Å². The lowest BCUT2D eigenvalue weighted by Crippen LogP contribution is -1.91. The molecule has 0 aliphatic heterocycles. The fourth-order valence-electron chi connectivity index (χ4n) is 1.72. The number of anilines is 1. The number of hydrogen-bond acceptors (Lipinski definition) is 4. The van der Waals surface area contributed by atoms with Gasteiger partial charge >= 0.3 is 0 Å². The van der Waals surface area contributed by atoms with Gasteiger partial charge in [-0.1, -0.05) is 17.8 Å². The van der Waals surface area contributed by atoms with Crippen LogP contribution in [-0.4, -0.2) is 14.4 Å². The van der Waals surface area contributed by atoms with Gasteiger partial charge in [0.1, 0.15) is 10.7 Å². The average Bonchev–Trinajstić information content (AvgIpc) is 2.80. The molecule has 0 bridgehead atoms. The highest BCUT2D eigenvalue weighted by atomic mass is 32.2. The maximum atomic E-state index is 5.85. The monoisotopic (exact) mass is 256 g/mol.